The minimum absolute atomic E-state index is 0.257. The van der Waals surface area contributed by atoms with E-state index in [4.69, 9.17) is 4.74 Å². The van der Waals surface area contributed by atoms with Gasteiger partial charge in [-0.15, -0.1) is 0 Å². The number of pyridine rings is 1. The molecule has 3 heterocycles. The molecule has 2 bridgehead atoms. The van der Waals surface area contributed by atoms with Gasteiger partial charge in [0.2, 0.25) is 0 Å². The Balaban J connectivity index is 1.90. The normalized spacial score (nSPS) is 36.8. The summed E-state index contributed by atoms with van der Waals surface area (Å²) in [4.78, 5) is 4.19. The molecular formula is C13H18N2O2. The quantitative estimate of drug-likeness (QED) is 0.752. The van der Waals surface area contributed by atoms with Crippen molar-refractivity contribution >= 4 is 0 Å². The molecule has 1 aromatic rings. The van der Waals surface area contributed by atoms with Crippen LogP contribution in [0.5, 0.6) is 0 Å². The summed E-state index contributed by atoms with van der Waals surface area (Å²) in [6, 6.07) is 2.55. The largest absolute Gasteiger partial charge is 0.385 e. The smallest absolute Gasteiger partial charge is 0.0942 e. The fraction of sp³-hybridized carbons (Fsp3) is 0.615. The van der Waals surface area contributed by atoms with Gasteiger partial charge < -0.3 is 15.2 Å². The fourth-order valence-corrected chi connectivity index (χ4v) is 2.96. The number of rotatable bonds is 1. The first-order valence-electron chi connectivity index (χ1n) is 6.14. The summed E-state index contributed by atoms with van der Waals surface area (Å²) in [5.41, 5.74) is 1.29. The Bertz CT molecular complexity index is 410. The molecule has 2 saturated heterocycles. The molecule has 92 valence electrons. The van der Waals surface area contributed by atoms with E-state index in [-0.39, 0.29) is 12.1 Å². The summed E-state index contributed by atoms with van der Waals surface area (Å²) in [6.07, 6.45) is 5.01. The van der Waals surface area contributed by atoms with E-state index in [0.29, 0.717) is 26.1 Å². The van der Waals surface area contributed by atoms with Crippen LogP contribution < -0.4 is 5.32 Å². The Morgan fingerprint density at radius 1 is 1.35 bits per heavy atom. The highest BCUT2D eigenvalue weighted by atomic mass is 16.5. The van der Waals surface area contributed by atoms with Gasteiger partial charge in [-0.2, -0.15) is 0 Å². The highest BCUT2D eigenvalue weighted by molar-refractivity contribution is 5.25. The number of aryl methyl sites for hydroxylation is 1. The van der Waals surface area contributed by atoms with Crippen molar-refractivity contribution < 1.29 is 9.84 Å². The van der Waals surface area contributed by atoms with Crippen LogP contribution in [0.15, 0.2) is 18.5 Å². The lowest BCUT2D eigenvalue weighted by atomic mass is 9.78. The van der Waals surface area contributed by atoms with Crippen molar-refractivity contribution in [1.29, 1.82) is 0 Å². The molecular weight excluding hydrogens is 216 g/mol. The Morgan fingerprint density at radius 2 is 2.06 bits per heavy atom. The van der Waals surface area contributed by atoms with Gasteiger partial charge in [-0.1, -0.05) is 6.07 Å². The van der Waals surface area contributed by atoms with Gasteiger partial charge in [0.25, 0.3) is 0 Å². The van der Waals surface area contributed by atoms with Gasteiger partial charge in [0, 0.05) is 30.0 Å². The van der Waals surface area contributed by atoms with Crippen LogP contribution in [0.1, 0.15) is 24.0 Å². The van der Waals surface area contributed by atoms with Crippen LogP contribution in [-0.2, 0) is 10.3 Å². The molecule has 2 fully saturated rings. The van der Waals surface area contributed by atoms with Crippen molar-refractivity contribution in [3.63, 3.8) is 0 Å². The third kappa shape index (κ3) is 2.08. The molecule has 2 atom stereocenters. The molecule has 2 aliphatic heterocycles. The van der Waals surface area contributed by atoms with E-state index < -0.39 is 5.60 Å². The molecule has 0 aliphatic carbocycles. The number of hydrogen-bond donors (Lipinski definition) is 2. The lowest BCUT2D eigenvalue weighted by Crippen LogP contribution is -2.58. The number of ether oxygens (including phenoxy) is 1. The highest BCUT2D eigenvalue weighted by Crippen LogP contribution is 2.36. The molecule has 2 unspecified atom stereocenters. The van der Waals surface area contributed by atoms with E-state index in [9.17, 15) is 5.11 Å². The number of morpholine rings is 1. The van der Waals surface area contributed by atoms with Crippen molar-refractivity contribution in [2.45, 2.75) is 37.5 Å². The number of aliphatic hydroxyl groups is 1. The first kappa shape index (κ1) is 11.1. The molecule has 0 radical (unpaired) electrons. The fourth-order valence-electron chi connectivity index (χ4n) is 2.96. The Hall–Kier alpha value is -0.970. The maximum Gasteiger partial charge on any atom is 0.0942 e. The molecule has 2 N–H and O–H groups in total. The van der Waals surface area contributed by atoms with Gasteiger partial charge >= 0.3 is 0 Å². The molecule has 3 rings (SSSR count). The van der Waals surface area contributed by atoms with E-state index in [1.165, 1.54) is 0 Å². The van der Waals surface area contributed by atoms with E-state index in [0.717, 1.165) is 11.1 Å². The number of nitrogens with one attached hydrogen (secondary N) is 1. The van der Waals surface area contributed by atoms with Crippen LogP contribution in [0.4, 0.5) is 0 Å². The first-order chi connectivity index (χ1) is 8.16. The zero-order valence-electron chi connectivity index (χ0n) is 10.0. The topological polar surface area (TPSA) is 54.4 Å². The van der Waals surface area contributed by atoms with Gasteiger partial charge in [-0.25, -0.2) is 0 Å². The number of hydrogen-bond acceptors (Lipinski definition) is 4. The van der Waals surface area contributed by atoms with Gasteiger partial charge in [-0.3, -0.25) is 4.98 Å². The number of piperidine rings is 1. The third-order valence-corrected chi connectivity index (χ3v) is 3.69. The zero-order chi connectivity index (χ0) is 11.9. The number of nitrogens with zero attached hydrogens (tertiary/aromatic N) is 1. The molecule has 4 nitrogen and oxygen atoms in total. The predicted molar refractivity (Wildman–Crippen MR) is 63.6 cm³/mol. The zero-order valence-corrected chi connectivity index (χ0v) is 10.0. The lowest BCUT2D eigenvalue weighted by Gasteiger charge is -2.45. The Kier molecular flexibility index (Phi) is 2.65. The van der Waals surface area contributed by atoms with Crippen molar-refractivity contribution in [2.75, 3.05) is 13.2 Å². The van der Waals surface area contributed by atoms with Crippen LogP contribution >= 0.6 is 0 Å². The van der Waals surface area contributed by atoms with Gasteiger partial charge in [0.15, 0.2) is 0 Å². The molecule has 17 heavy (non-hydrogen) atoms. The van der Waals surface area contributed by atoms with Gasteiger partial charge in [0.1, 0.15) is 0 Å². The molecule has 1 aromatic heterocycles. The summed E-state index contributed by atoms with van der Waals surface area (Å²) in [5, 5.41) is 14.3. The van der Waals surface area contributed by atoms with Crippen LogP contribution in [0.25, 0.3) is 0 Å². The summed E-state index contributed by atoms with van der Waals surface area (Å²) in [6.45, 7) is 3.39. The minimum atomic E-state index is -0.747. The summed E-state index contributed by atoms with van der Waals surface area (Å²) >= 11 is 0. The lowest BCUT2D eigenvalue weighted by molar-refractivity contribution is -0.0804. The summed E-state index contributed by atoms with van der Waals surface area (Å²) in [7, 11) is 0. The standard InChI is InChI=1S/C13H18N2O2/c1-9-2-10(6-14-5-9)13(16)3-11-7-17-8-12(4-13)15-11/h2,5-6,11-12,15-16H,3-4,7-8H2,1H3. The molecule has 4 heteroatoms. The van der Waals surface area contributed by atoms with Crippen molar-refractivity contribution in [1.82, 2.24) is 10.3 Å². The molecule has 0 amide bonds. The molecule has 0 spiro atoms. The van der Waals surface area contributed by atoms with Crippen molar-refractivity contribution in [2.24, 2.45) is 0 Å². The van der Waals surface area contributed by atoms with Crippen molar-refractivity contribution in [3.8, 4) is 0 Å². The number of fused-ring (bicyclic) bond motifs is 2. The van der Waals surface area contributed by atoms with Crippen LogP contribution in [0, 0.1) is 6.92 Å². The van der Waals surface area contributed by atoms with Crippen LogP contribution in [-0.4, -0.2) is 35.4 Å². The summed E-state index contributed by atoms with van der Waals surface area (Å²) < 4.78 is 5.50. The van der Waals surface area contributed by atoms with E-state index >= 15 is 0 Å². The van der Waals surface area contributed by atoms with E-state index in [2.05, 4.69) is 10.3 Å². The van der Waals surface area contributed by atoms with Crippen molar-refractivity contribution in [3.05, 3.63) is 29.6 Å². The van der Waals surface area contributed by atoms with Crippen LogP contribution in [0.2, 0.25) is 0 Å². The monoisotopic (exact) mass is 234 g/mol. The second-order valence-electron chi connectivity index (χ2n) is 5.29. The maximum absolute atomic E-state index is 10.8. The third-order valence-electron chi connectivity index (χ3n) is 3.69. The van der Waals surface area contributed by atoms with Gasteiger partial charge in [-0.05, 0) is 25.3 Å². The van der Waals surface area contributed by atoms with Crippen LogP contribution in [0.3, 0.4) is 0 Å². The molecule has 2 aliphatic rings. The van der Waals surface area contributed by atoms with E-state index in [1.54, 1.807) is 6.20 Å². The average molecular weight is 234 g/mol. The SMILES string of the molecule is Cc1cncc(C2(O)CC3COCC(C2)N3)c1. The second kappa shape index (κ2) is 4.05. The predicted octanol–water partition coefficient (Wildman–Crippen LogP) is 0.728. The highest BCUT2D eigenvalue weighted by Gasteiger charge is 2.42. The van der Waals surface area contributed by atoms with E-state index in [1.807, 2.05) is 19.2 Å². The number of aromatic nitrogens is 1. The maximum atomic E-state index is 10.8. The minimum Gasteiger partial charge on any atom is -0.385 e. The molecule has 0 saturated carbocycles. The molecule has 0 aromatic carbocycles. The second-order valence-corrected chi connectivity index (χ2v) is 5.29. The average Bonchev–Trinajstić information content (AvgIpc) is 2.28. The van der Waals surface area contributed by atoms with Gasteiger partial charge in [0.05, 0.1) is 18.8 Å². The first-order valence-corrected chi connectivity index (χ1v) is 6.14. The Morgan fingerprint density at radius 3 is 2.71 bits per heavy atom. The Labute approximate surface area is 101 Å². The summed E-state index contributed by atoms with van der Waals surface area (Å²) in [5.74, 6) is 0.